The zero-order valence-electron chi connectivity index (χ0n) is 8.30. The van der Waals surface area contributed by atoms with Gasteiger partial charge in [-0.3, -0.25) is 0 Å². The third-order valence-corrected chi connectivity index (χ3v) is 2.39. The zero-order chi connectivity index (χ0) is 9.57. The molecule has 1 rings (SSSR count). The molecule has 1 aliphatic heterocycles. The summed E-state index contributed by atoms with van der Waals surface area (Å²) in [5.74, 6) is -1.05. The van der Waals surface area contributed by atoms with Gasteiger partial charge in [-0.25, -0.2) is 4.79 Å². The van der Waals surface area contributed by atoms with E-state index in [1.807, 2.05) is 20.8 Å². The standard InChI is InChI=1S/C9H16O3/c1-6-7(10)12-9(5,11-6)8(2,3)4/h6H,1-5H3/t6-,9-/m0/s1. The highest BCUT2D eigenvalue weighted by Gasteiger charge is 2.50. The molecule has 70 valence electrons. The van der Waals surface area contributed by atoms with Crippen molar-refractivity contribution in [3.63, 3.8) is 0 Å². The van der Waals surface area contributed by atoms with Gasteiger partial charge in [0.15, 0.2) is 6.10 Å². The van der Waals surface area contributed by atoms with Crippen molar-refractivity contribution in [2.45, 2.75) is 46.5 Å². The van der Waals surface area contributed by atoms with Crippen molar-refractivity contribution in [3.8, 4) is 0 Å². The second-order valence-electron chi connectivity index (χ2n) is 4.38. The lowest BCUT2D eigenvalue weighted by Gasteiger charge is -2.35. The first-order chi connectivity index (χ1) is 5.26. The fourth-order valence-electron chi connectivity index (χ4n) is 1.01. The molecule has 0 bridgehead atoms. The first kappa shape index (κ1) is 9.52. The van der Waals surface area contributed by atoms with Crippen LogP contribution in [0.15, 0.2) is 0 Å². The number of hydrogen-bond donors (Lipinski definition) is 0. The molecule has 1 heterocycles. The van der Waals surface area contributed by atoms with E-state index in [0.29, 0.717) is 0 Å². The number of carbonyl (C=O) groups excluding carboxylic acids is 1. The van der Waals surface area contributed by atoms with Gasteiger partial charge in [-0.1, -0.05) is 20.8 Å². The number of ether oxygens (including phenoxy) is 2. The van der Waals surface area contributed by atoms with Crippen molar-refractivity contribution in [1.29, 1.82) is 0 Å². The highest BCUT2D eigenvalue weighted by Crippen LogP contribution is 2.39. The lowest BCUT2D eigenvalue weighted by molar-refractivity contribution is -0.216. The summed E-state index contributed by atoms with van der Waals surface area (Å²) in [7, 11) is 0. The molecule has 0 aromatic rings. The van der Waals surface area contributed by atoms with Gasteiger partial charge in [0.05, 0.1) is 0 Å². The Morgan fingerprint density at radius 2 is 1.92 bits per heavy atom. The van der Waals surface area contributed by atoms with Crippen LogP contribution < -0.4 is 0 Å². The smallest absolute Gasteiger partial charge is 0.337 e. The Hall–Kier alpha value is -0.570. The molecule has 0 aliphatic carbocycles. The summed E-state index contributed by atoms with van der Waals surface area (Å²) < 4.78 is 10.6. The van der Waals surface area contributed by atoms with Gasteiger partial charge in [0.25, 0.3) is 0 Å². The summed E-state index contributed by atoms with van der Waals surface area (Å²) >= 11 is 0. The summed E-state index contributed by atoms with van der Waals surface area (Å²) in [6, 6.07) is 0. The normalized spacial score (nSPS) is 36.8. The maximum Gasteiger partial charge on any atom is 0.337 e. The van der Waals surface area contributed by atoms with Gasteiger partial charge in [-0.05, 0) is 6.92 Å². The Kier molecular flexibility index (Phi) is 1.95. The molecular weight excluding hydrogens is 156 g/mol. The Morgan fingerprint density at radius 1 is 1.42 bits per heavy atom. The van der Waals surface area contributed by atoms with Crippen molar-refractivity contribution in [1.82, 2.24) is 0 Å². The molecule has 1 saturated heterocycles. The minimum absolute atomic E-state index is 0.187. The van der Waals surface area contributed by atoms with Crippen LogP contribution in [0.4, 0.5) is 0 Å². The molecule has 0 aromatic carbocycles. The predicted octanol–water partition coefficient (Wildman–Crippen LogP) is 1.71. The van der Waals surface area contributed by atoms with E-state index in [1.165, 1.54) is 0 Å². The van der Waals surface area contributed by atoms with E-state index < -0.39 is 11.9 Å². The fourth-order valence-corrected chi connectivity index (χ4v) is 1.01. The van der Waals surface area contributed by atoms with Gasteiger partial charge in [0.2, 0.25) is 5.79 Å². The molecule has 0 N–H and O–H groups in total. The largest absolute Gasteiger partial charge is 0.431 e. The third-order valence-electron chi connectivity index (χ3n) is 2.39. The van der Waals surface area contributed by atoms with Crippen molar-refractivity contribution in [2.24, 2.45) is 5.41 Å². The van der Waals surface area contributed by atoms with E-state index in [4.69, 9.17) is 9.47 Å². The summed E-state index contributed by atoms with van der Waals surface area (Å²) in [4.78, 5) is 11.1. The van der Waals surface area contributed by atoms with Gasteiger partial charge < -0.3 is 9.47 Å². The van der Waals surface area contributed by atoms with E-state index >= 15 is 0 Å². The molecule has 3 heteroatoms. The summed E-state index contributed by atoms with van der Waals surface area (Å²) in [5, 5.41) is 0. The van der Waals surface area contributed by atoms with Crippen LogP contribution in [0.3, 0.4) is 0 Å². The second kappa shape index (κ2) is 2.46. The maximum atomic E-state index is 11.1. The molecule has 0 unspecified atom stereocenters. The molecule has 1 fully saturated rings. The molecule has 0 spiro atoms. The van der Waals surface area contributed by atoms with Gasteiger partial charge >= 0.3 is 5.97 Å². The number of cyclic esters (lactones) is 1. The van der Waals surface area contributed by atoms with Crippen LogP contribution in [0.25, 0.3) is 0 Å². The minimum Gasteiger partial charge on any atom is -0.431 e. The number of rotatable bonds is 0. The monoisotopic (exact) mass is 172 g/mol. The molecule has 0 aromatic heterocycles. The molecule has 3 nitrogen and oxygen atoms in total. The molecule has 2 atom stereocenters. The van der Waals surface area contributed by atoms with Gasteiger partial charge in [-0.2, -0.15) is 0 Å². The average Bonchev–Trinajstić information content (AvgIpc) is 2.06. The van der Waals surface area contributed by atoms with E-state index in [-0.39, 0.29) is 11.4 Å². The van der Waals surface area contributed by atoms with Crippen LogP contribution in [0.5, 0.6) is 0 Å². The molecule has 12 heavy (non-hydrogen) atoms. The SMILES string of the molecule is C[C@@H]1O[C@](C)(C(C)(C)C)OC1=O. The van der Waals surface area contributed by atoms with E-state index in [9.17, 15) is 4.79 Å². The zero-order valence-corrected chi connectivity index (χ0v) is 8.30. The Balaban J connectivity index is 2.84. The number of carbonyl (C=O) groups is 1. The summed E-state index contributed by atoms with van der Waals surface area (Å²) in [5.41, 5.74) is -0.187. The average molecular weight is 172 g/mol. The predicted molar refractivity (Wildman–Crippen MR) is 44.5 cm³/mol. The van der Waals surface area contributed by atoms with Crippen molar-refractivity contribution < 1.29 is 14.3 Å². The molecule has 0 radical (unpaired) electrons. The van der Waals surface area contributed by atoms with Crippen LogP contribution in [0.2, 0.25) is 0 Å². The van der Waals surface area contributed by atoms with Crippen LogP contribution >= 0.6 is 0 Å². The van der Waals surface area contributed by atoms with Crippen molar-refractivity contribution >= 4 is 5.97 Å². The van der Waals surface area contributed by atoms with E-state index in [1.54, 1.807) is 13.8 Å². The topological polar surface area (TPSA) is 35.5 Å². The Labute approximate surface area is 73.0 Å². The first-order valence-electron chi connectivity index (χ1n) is 4.17. The highest BCUT2D eigenvalue weighted by atomic mass is 16.8. The van der Waals surface area contributed by atoms with Crippen LogP contribution in [0.1, 0.15) is 34.6 Å². The summed E-state index contributed by atoms with van der Waals surface area (Å²) in [6.45, 7) is 9.46. The summed E-state index contributed by atoms with van der Waals surface area (Å²) in [6.07, 6.45) is -0.436. The van der Waals surface area contributed by atoms with Gasteiger partial charge in [0, 0.05) is 12.3 Å². The highest BCUT2D eigenvalue weighted by molar-refractivity contribution is 5.76. The van der Waals surface area contributed by atoms with Crippen LogP contribution in [-0.4, -0.2) is 17.9 Å². The van der Waals surface area contributed by atoms with Crippen molar-refractivity contribution in [2.75, 3.05) is 0 Å². The number of hydrogen-bond acceptors (Lipinski definition) is 3. The first-order valence-corrected chi connectivity index (χ1v) is 4.17. The second-order valence-corrected chi connectivity index (χ2v) is 4.38. The fraction of sp³-hybridized carbons (Fsp3) is 0.889. The maximum absolute atomic E-state index is 11.1. The van der Waals surface area contributed by atoms with Gasteiger partial charge in [0.1, 0.15) is 0 Å². The third kappa shape index (κ3) is 1.33. The minimum atomic E-state index is -0.774. The quantitative estimate of drug-likeness (QED) is 0.522. The molecule has 0 saturated carbocycles. The Morgan fingerprint density at radius 3 is 2.08 bits per heavy atom. The molecule has 1 aliphatic rings. The molecule has 0 amide bonds. The lowest BCUT2D eigenvalue weighted by Crippen LogP contribution is -2.41. The van der Waals surface area contributed by atoms with Crippen LogP contribution in [0, 0.1) is 5.41 Å². The Bertz CT molecular complexity index is 204. The number of esters is 1. The van der Waals surface area contributed by atoms with Crippen molar-refractivity contribution in [3.05, 3.63) is 0 Å². The van der Waals surface area contributed by atoms with Gasteiger partial charge in [-0.15, -0.1) is 0 Å². The lowest BCUT2D eigenvalue weighted by atomic mass is 9.87. The molecular formula is C9H16O3. The van der Waals surface area contributed by atoms with E-state index in [0.717, 1.165) is 0 Å². The van der Waals surface area contributed by atoms with E-state index in [2.05, 4.69) is 0 Å². The van der Waals surface area contributed by atoms with Crippen LogP contribution in [-0.2, 0) is 14.3 Å².